The van der Waals surface area contributed by atoms with Crippen molar-refractivity contribution in [3.05, 3.63) is 17.2 Å². The normalized spacial score (nSPS) is 47.6. The SMILES string of the molecule is CC12CC3CC(C)(C1)CC(c1nc4c([nH]1)CCCC4)(C3)C2. The molecular weight excluding hydrogens is 256 g/mol. The number of nitrogens with one attached hydrogen (secondary N) is 1. The Balaban J connectivity index is 1.60. The van der Waals surface area contributed by atoms with Crippen LogP contribution in [-0.4, -0.2) is 9.97 Å². The number of H-pyrrole nitrogens is 1. The molecule has 6 rings (SSSR count). The van der Waals surface area contributed by atoms with Gasteiger partial charge in [-0.25, -0.2) is 4.98 Å². The molecule has 1 aromatic heterocycles. The number of aryl methyl sites for hydroxylation is 2. The lowest BCUT2D eigenvalue weighted by Crippen LogP contribution is -2.57. The van der Waals surface area contributed by atoms with Crippen LogP contribution >= 0.6 is 0 Å². The Kier molecular flexibility index (Phi) is 2.27. The van der Waals surface area contributed by atoms with Gasteiger partial charge < -0.3 is 4.98 Å². The smallest absolute Gasteiger partial charge is 0.112 e. The fourth-order valence-electron chi connectivity index (χ4n) is 7.42. The van der Waals surface area contributed by atoms with Gasteiger partial charge in [-0.05, 0) is 81.0 Å². The van der Waals surface area contributed by atoms with Crippen molar-refractivity contribution in [2.45, 2.75) is 83.5 Å². The third kappa shape index (κ3) is 1.74. The van der Waals surface area contributed by atoms with Gasteiger partial charge in [0.15, 0.2) is 0 Å². The molecule has 1 aromatic rings. The zero-order chi connectivity index (χ0) is 14.3. The van der Waals surface area contributed by atoms with Crippen LogP contribution in [-0.2, 0) is 18.3 Å². The van der Waals surface area contributed by atoms with E-state index < -0.39 is 0 Å². The van der Waals surface area contributed by atoms with E-state index in [0.717, 1.165) is 5.92 Å². The van der Waals surface area contributed by atoms with Crippen LogP contribution in [0.4, 0.5) is 0 Å². The Morgan fingerprint density at radius 3 is 2.33 bits per heavy atom. The second-order valence-electron chi connectivity index (χ2n) is 9.63. The van der Waals surface area contributed by atoms with Crippen LogP contribution in [0.5, 0.6) is 0 Å². The Morgan fingerprint density at radius 1 is 0.952 bits per heavy atom. The summed E-state index contributed by atoms with van der Waals surface area (Å²) in [5, 5.41) is 0. The minimum Gasteiger partial charge on any atom is -0.345 e. The van der Waals surface area contributed by atoms with Crippen molar-refractivity contribution in [1.82, 2.24) is 9.97 Å². The highest BCUT2D eigenvalue weighted by Crippen LogP contribution is 2.69. The van der Waals surface area contributed by atoms with Crippen molar-refractivity contribution >= 4 is 0 Å². The quantitative estimate of drug-likeness (QED) is 0.806. The van der Waals surface area contributed by atoms with Crippen molar-refractivity contribution in [1.29, 1.82) is 0 Å². The first-order chi connectivity index (χ1) is 9.98. The van der Waals surface area contributed by atoms with E-state index in [9.17, 15) is 0 Å². The number of imidazole rings is 1. The molecule has 4 saturated carbocycles. The summed E-state index contributed by atoms with van der Waals surface area (Å²) in [6, 6.07) is 0. The molecule has 4 fully saturated rings. The monoisotopic (exact) mass is 284 g/mol. The molecule has 2 heteroatoms. The molecule has 2 nitrogen and oxygen atoms in total. The standard InChI is InChI=1S/C19H28N2/c1-17-7-13-8-18(2,10-17)12-19(9-13,11-17)16-20-14-5-3-4-6-15(14)21-16/h13H,3-12H2,1-2H3,(H,20,21). The number of fused-ring (bicyclic) bond motifs is 1. The fourth-order valence-corrected chi connectivity index (χ4v) is 7.42. The molecule has 21 heavy (non-hydrogen) atoms. The van der Waals surface area contributed by atoms with Crippen LogP contribution in [0, 0.1) is 16.7 Å². The minimum absolute atomic E-state index is 0.389. The summed E-state index contributed by atoms with van der Waals surface area (Å²) in [5.41, 5.74) is 4.44. The maximum atomic E-state index is 5.15. The fraction of sp³-hybridized carbons (Fsp3) is 0.842. The number of aromatic nitrogens is 2. The van der Waals surface area contributed by atoms with E-state index >= 15 is 0 Å². The lowest BCUT2D eigenvalue weighted by Gasteiger charge is -2.64. The molecule has 0 aromatic carbocycles. The number of nitrogens with zero attached hydrogens (tertiary/aromatic N) is 1. The van der Waals surface area contributed by atoms with E-state index in [2.05, 4.69) is 18.8 Å². The van der Waals surface area contributed by atoms with Gasteiger partial charge in [-0.3, -0.25) is 0 Å². The van der Waals surface area contributed by atoms with Crippen molar-refractivity contribution in [2.24, 2.45) is 16.7 Å². The first kappa shape index (κ1) is 12.7. The highest BCUT2D eigenvalue weighted by atomic mass is 15.0. The highest BCUT2D eigenvalue weighted by Gasteiger charge is 2.61. The molecule has 4 bridgehead atoms. The Hall–Kier alpha value is -0.790. The zero-order valence-corrected chi connectivity index (χ0v) is 13.6. The van der Waals surface area contributed by atoms with Crippen LogP contribution in [0.2, 0.25) is 0 Å². The third-order valence-electron chi connectivity index (χ3n) is 7.08. The molecular formula is C19H28N2. The van der Waals surface area contributed by atoms with Gasteiger partial charge in [-0.2, -0.15) is 0 Å². The number of hydrogen-bond acceptors (Lipinski definition) is 1. The molecule has 2 atom stereocenters. The van der Waals surface area contributed by atoms with Crippen molar-refractivity contribution < 1.29 is 0 Å². The van der Waals surface area contributed by atoms with Gasteiger partial charge in [-0.15, -0.1) is 0 Å². The van der Waals surface area contributed by atoms with Crippen LogP contribution < -0.4 is 0 Å². The second-order valence-corrected chi connectivity index (χ2v) is 9.63. The summed E-state index contributed by atoms with van der Waals surface area (Å²) in [4.78, 5) is 8.96. The lowest BCUT2D eigenvalue weighted by molar-refractivity contribution is -0.112. The first-order valence-corrected chi connectivity index (χ1v) is 9.06. The Morgan fingerprint density at radius 2 is 1.67 bits per heavy atom. The summed E-state index contributed by atoms with van der Waals surface area (Å²) in [7, 11) is 0. The van der Waals surface area contributed by atoms with Crippen LogP contribution in [0.15, 0.2) is 0 Å². The van der Waals surface area contributed by atoms with Crippen LogP contribution in [0.25, 0.3) is 0 Å². The zero-order valence-electron chi connectivity index (χ0n) is 13.6. The van der Waals surface area contributed by atoms with E-state index in [4.69, 9.17) is 4.98 Å². The van der Waals surface area contributed by atoms with Gasteiger partial charge in [-0.1, -0.05) is 13.8 Å². The molecule has 5 aliphatic rings. The van der Waals surface area contributed by atoms with E-state index in [0.29, 0.717) is 16.2 Å². The second kappa shape index (κ2) is 3.75. The average Bonchev–Trinajstić information content (AvgIpc) is 2.78. The maximum Gasteiger partial charge on any atom is 0.112 e. The highest BCUT2D eigenvalue weighted by molar-refractivity contribution is 5.27. The maximum absolute atomic E-state index is 5.15. The molecule has 0 amide bonds. The molecule has 1 heterocycles. The topological polar surface area (TPSA) is 28.7 Å². The number of hydrogen-bond donors (Lipinski definition) is 1. The van der Waals surface area contributed by atoms with Crippen molar-refractivity contribution in [3.8, 4) is 0 Å². The third-order valence-corrected chi connectivity index (χ3v) is 7.08. The predicted molar refractivity (Wildman–Crippen MR) is 84.3 cm³/mol. The summed E-state index contributed by atoms with van der Waals surface area (Å²) in [5.74, 6) is 2.34. The van der Waals surface area contributed by atoms with Crippen molar-refractivity contribution in [2.75, 3.05) is 0 Å². The van der Waals surface area contributed by atoms with Gasteiger partial charge >= 0.3 is 0 Å². The van der Waals surface area contributed by atoms with Crippen molar-refractivity contribution in [3.63, 3.8) is 0 Å². The van der Waals surface area contributed by atoms with Gasteiger partial charge in [0.2, 0.25) is 0 Å². The summed E-state index contributed by atoms with van der Waals surface area (Å²) in [6.07, 6.45) is 13.7. The first-order valence-electron chi connectivity index (χ1n) is 9.06. The summed E-state index contributed by atoms with van der Waals surface area (Å²) in [6.45, 7) is 5.13. The van der Waals surface area contributed by atoms with Gasteiger partial charge in [0.05, 0.1) is 5.69 Å². The van der Waals surface area contributed by atoms with Gasteiger partial charge in [0.25, 0.3) is 0 Å². The average molecular weight is 284 g/mol. The van der Waals surface area contributed by atoms with Crippen LogP contribution in [0.3, 0.4) is 0 Å². The molecule has 0 spiro atoms. The molecule has 0 saturated heterocycles. The molecule has 114 valence electrons. The van der Waals surface area contributed by atoms with Gasteiger partial charge in [0.1, 0.15) is 5.82 Å². The Labute approximate surface area is 128 Å². The van der Waals surface area contributed by atoms with E-state index in [-0.39, 0.29) is 0 Å². The lowest BCUT2D eigenvalue weighted by atomic mass is 9.40. The number of rotatable bonds is 1. The Bertz CT molecular complexity index is 557. The predicted octanol–water partition coefficient (Wildman–Crippen LogP) is 4.54. The molecule has 0 radical (unpaired) electrons. The molecule has 2 unspecified atom stereocenters. The van der Waals surface area contributed by atoms with Gasteiger partial charge in [0, 0.05) is 11.1 Å². The molecule has 1 N–H and O–H groups in total. The van der Waals surface area contributed by atoms with Crippen LogP contribution in [0.1, 0.15) is 82.4 Å². The number of aromatic amines is 1. The summed E-state index contributed by atoms with van der Waals surface area (Å²) < 4.78 is 0. The van der Waals surface area contributed by atoms with E-state index in [1.165, 1.54) is 81.4 Å². The van der Waals surface area contributed by atoms with E-state index in [1.54, 1.807) is 0 Å². The minimum atomic E-state index is 0.389. The van der Waals surface area contributed by atoms with E-state index in [1.807, 2.05) is 0 Å². The molecule has 5 aliphatic carbocycles. The summed E-state index contributed by atoms with van der Waals surface area (Å²) >= 11 is 0. The largest absolute Gasteiger partial charge is 0.345 e. The molecule has 0 aliphatic heterocycles.